The average Bonchev–Trinajstić information content (AvgIpc) is 3.24. The standard InChI is InChI=1S/C23H19FN4O2S/c1-30-18-13-11-16(12-14-18)22-26-27-23(28(22)17-7-3-2-4-8-17)31-15-21(29)25-20-10-6-5-9-19(20)24/h2-14H,15H2,1H3,(H,25,29). The quantitative estimate of drug-likeness (QED) is 0.423. The predicted molar refractivity (Wildman–Crippen MR) is 119 cm³/mol. The Bertz CT molecular complexity index is 1180. The van der Waals surface area contributed by atoms with Crippen LogP contribution in [0.3, 0.4) is 0 Å². The smallest absolute Gasteiger partial charge is 0.234 e. The minimum atomic E-state index is -0.477. The maximum absolute atomic E-state index is 13.8. The van der Waals surface area contributed by atoms with Gasteiger partial charge in [-0.25, -0.2) is 4.39 Å². The largest absolute Gasteiger partial charge is 0.497 e. The van der Waals surface area contributed by atoms with Gasteiger partial charge in [0.05, 0.1) is 18.6 Å². The van der Waals surface area contributed by atoms with Crippen molar-refractivity contribution in [3.05, 3.63) is 84.7 Å². The maximum atomic E-state index is 13.8. The van der Waals surface area contributed by atoms with Crippen molar-refractivity contribution < 1.29 is 13.9 Å². The Morgan fingerprint density at radius 1 is 1.00 bits per heavy atom. The molecule has 0 spiro atoms. The molecule has 8 heteroatoms. The average molecular weight is 434 g/mol. The molecular weight excluding hydrogens is 415 g/mol. The summed E-state index contributed by atoms with van der Waals surface area (Å²) in [6.45, 7) is 0. The van der Waals surface area contributed by atoms with Gasteiger partial charge in [-0.05, 0) is 48.5 Å². The minimum Gasteiger partial charge on any atom is -0.497 e. The van der Waals surface area contributed by atoms with Crippen molar-refractivity contribution in [2.75, 3.05) is 18.2 Å². The molecule has 0 bridgehead atoms. The van der Waals surface area contributed by atoms with Crippen molar-refractivity contribution in [1.82, 2.24) is 14.8 Å². The number of ether oxygens (including phenoxy) is 1. The number of benzene rings is 3. The van der Waals surface area contributed by atoms with E-state index in [0.29, 0.717) is 11.0 Å². The van der Waals surface area contributed by atoms with Gasteiger partial charge in [-0.3, -0.25) is 9.36 Å². The van der Waals surface area contributed by atoms with Crippen LogP contribution >= 0.6 is 11.8 Å². The molecule has 31 heavy (non-hydrogen) atoms. The number of carbonyl (C=O) groups excluding carboxylic acids is 1. The first kappa shape index (κ1) is 20.6. The number of carbonyl (C=O) groups is 1. The molecule has 1 amide bonds. The molecule has 6 nitrogen and oxygen atoms in total. The summed E-state index contributed by atoms with van der Waals surface area (Å²) in [5, 5.41) is 11.8. The molecular formula is C23H19FN4O2S. The van der Waals surface area contributed by atoms with E-state index in [1.165, 1.54) is 23.9 Å². The Labute approximate surface area is 183 Å². The number of anilines is 1. The number of rotatable bonds is 7. The number of methoxy groups -OCH3 is 1. The van der Waals surface area contributed by atoms with Crippen LogP contribution in [-0.2, 0) is 4.79 Å². The molecule has 3 aromatic carbocycles. The molecule has 1 N–H and O–H groups in total. The van der Waals surface area contributed by atoms with Gasteiger partial charge in [-0.2, -0.15) is 0 Å². The van der Waals surface area contributed by atoms with E-state index in [4.69, 9.17) is 4.74 Å². The first-order valence-electron chi connectivity index (χ1n) is 9.48. The number of para-hydroxylation sites is 2. The second-order valence-electron chi connectivity index (χ2n) is 6.52. The molecule has 0 aliphatic carbocycles. The molecule has 0 saturated carbocycles. The molecule has 4 aromatic rings. The van der Waals surface area contributed by atoms with Crippen molar-refractivity contribution in [1.29, 1.82) is 0 Å². The van der Waals surface area contributed by atoms with Gasteiger partial charge >= 0.3 is 0 Å². The molecule has 0 saturated heterocycles. The van der Waals surface area contributed by atoms with Gasteiger partial charge in [0.15, 0.2) is 11.0 Å². The van der Waals surface area contributed by atoms with Crippen LogP contribution in [0.2, 0.25) is 0 Å². The normalized spacial score (nSPS) is 10.6. The van der Waals surface area contributed by atoms with Crippen molar-refractivity contribution >= 4 is 23.4 Å². The fourth-order valence-corrected chi connectivity index (χ4v) is 3.73. The summed E-state index contributed by atoms with van der Waals surface area (Å²) >= 11 is 1.23. The van der Waals surface area contributed by atoms with E-state index in [2.05, 4.69) is 15.5 Å². The van der Waals surface area contributed by atoms with Crippen molar-refractivity contribution in [2.45, 2.75) is 5.16 Å². The van der Waals surface area contributed by atoms with Crippen LogP contribution in [0.4, 0.5) is 10.1 Å². The van der Waals surface area contributed by atoms with Gasteiger partial charge < -0.3 is 10.1 Å². The third-order valence-corrected chi connectivity index (χ3v) is 5.41. The monoisotopic (exact) mass is 434 g/mol. The number of halogens is 1. The summed E-state index contributed by atoms with van der Waals surface area (Å²) in [6.07, 6.45) is 0. The molecule has 0 aliphatic rings. The lowest BCUT2D eigenvalue weighted by Gasteiger charge is -2.11. The van der Waals surface area contributed by atoms with E-state index in [1.54, 1.807) is 19.2 Å². The van der Waals surface area contributed by atoms with Gasteiger partial charge in [0.25, 0.3) is 0 Å². The van der Waals surface area contributed by atoms with Crippen LogP contribution in [0.5, 0.6) is 5.75 Å². The number of aromatic nitrogens is 3. The maximum Gasteiger partial charge on any atom is 0.234 e. The lowest BCUT2D eigenvalue weighted by molar-refractivity contribution is -0.113. The van der Waals surface area contributed by atoms with Crippen molar-refractivity contribution in [3.63, 3.8) is 0 Å². The molecule has 4 rings (SSSR count). The van der Waals surface area contributed by atoms with Crippen LogP contribution in [0, 0.1) is 5.82 Å². The molecule has 156 valence electrons. The highest BCUT2D eigenvalue weighted by molar-refractivity contribution is 7.99. The first-order valence-corrected chi connectivity index (χ1v) is 10.5. The van der Waals surface area contributed by atoms with Gasteiger partial charge in [-0.15, -0.1) is 10.2 Å². The fraction of sp³-hybridized carbons (Fsp3) is 0.0870. The zero-order valence-corrected chi connectivity index (χ0v) is 17.5. The highest BCUT2D eigenvalue weighted by atomic mass is 32.2. The van der Waals surface area contributed by atoms with Crippen LogP contribution < -0.4 is 10.1 Å². The number of amides is 1. The van der Waals surface area contributed by atoms with E-state index in [1.807, 2.05) is 59.2 Å². The minimum absolute atomic E-state index is 0.0575. The van der Waals surface area contributed by atoms with Crippen molar-refractivity contribution in [2.24, 2.45) is 0 Å². The summed E-state index contributed by atoms with van der Waals surface area (Å²) in [6, 6.07) is 23.2. The predicted octanol–water partition coefficient (Wildman–Crippen LogP) is 4.81. The Hall–Kier alpha value is -3.65. The molecule has 0 atom stereocenters. The van der Waals surface area contributed by atoms with Gasteiger partial charge in [0.2, 0.25) is 5.91 Å². The molecule has 0 aliphatic heterocycles. The van der Waals surface area contributed by atoms with E-state index in [-0.39, 0.29) is 17.3 Å². The number of nitrogens with one attached hydrogen (secondary N) is 1. The van der Waals surface area contributed by atoms with Crippen molar-refractivity contribution in [3.8, 4) is 22.8 Å². The Morgan fingerprint density at radius 3 is 2.42 bits per heavy atom. The lowest BCUT2D eigenvalue weighted by Crippen LogP contribution is -2.15. The van der Waals surface area contributed by atoms with Crippen LogP contribution in [0.1, 0.15) is 0 Å². The van der Waals surface area contributed by atoms with Crippen LogP contribution in [0.25, 0.3) is 17.1 Å². The summed E-state index contributed by atoms with van der Waals surface area (Å²) in [5.74, 6) is 0.639. The molecule has 0 fully saturated rings. The molecule has 1 heterocycles. The molecule has 0 unspecified atom stereocenters. The third kappa shape index (κ3) is 4.75. The van der Waals surface area contributed by atoms with E-state index in [0.717, 1.165) is 17.0 Å². The zero-order chi connectivity index (χ0) is 21.6. The van der Waals surface area contributed by atoms with E-state index < -0.39 is 5.82 Å². The number of hydrogen-bond acceptors (Lipinski definition) is 5. The number of hydrogen-bond donors (Lipinski definition) is 1. The Kier molecular flexibility index (Phi) is 6.28. The second-order valence-corrected chi connectivity index (χ2v) is 7.46. The lowest BCUT2D eigenvalue weighted by atomic mass is 10.2. The summed E-state index contributed by atoms with van der Waals surface area (Å²) in [7, 11) is 1.61. The van der Waals surface area contributed by atoms with Crippen LogP contribution in [-0.4, -0.2) is 33.5 Å². The highest BCUT2D eigenvalue weighted by Crippen LogP contribution is 2.29. The Morgan fingerprint density at radius 2 is 1.71 bits per heavy atom. The number of thioether (sulfide) groups is 1. The van der Waals surface area contributed by atoms with E-state index in [9.17, 15) is 9.18 Å². The van der Waals surface area contributed by atoms with Gasteiger partial charge in [-0.1, -0.05) is 42.1 Å². The summed E-state index contributed by atoms with van der Waals surface area (Å²) in [5.41, 5.74) is 1.88. The zero-order valence-electron chi connectivity index (χ0n) is 16.7. The van der Waals surface area contributed by atoms with E-state index >= 15 is 0 Å². The fourth-order valence-electron chi connectivity index (χ4n) is 2.98. The third-order valence-electron chi connectivity index (χ3n) is 4.48. The number of nitrogens with zero attached hydrogens (tertiary/aromatic N) is 3. The molecule has 1 aromatic heterocycles. The Balaban J connectivity index is 1.59. The van der Waals surface area contributed by atoms with Gasteiger partial charge in [0.1, 0.15) is 11.6 Å². The SMILES string of the molecule is COc1ccc(-c2nnc(SCC(=O)Nc3ccccc3F)n2-c2ccccc2)cc1. The summed E-state index contributed by atoms with van der Waals surface area (Å²) < 4.78 is 20.9. The second kappa shape index (κ2) is 9.44. The highest BCUT2D eigenvalue weighted by Gasteiger charge is 2.17. The molecule has 0 radical (unpaired) electrons. The summed E-state index contributed by atoms with van der Waals surface area (Å²) in [4.78, 5) is 12.4. The van der Waals surface area contributed by atoms with Gasteiger partial charge in [0, 0.05) is 11.3 Å². The first-order chi connectivity index (χ1) is 15.2. The topological polar surface area (TPSA) is 69.0 Å². The van der Waals surface area contributed by atoms with Crippen LogP contribution in [0.15, 0.2) is 84.0 Å².